The molecular formula is C19H26N2OS. The Morgan fingerprint density at radius 3 is 2.22 bits per heavy atom. The summed E-state index contributed by atoms with van der Waals surface area (Å²) in [6, 6.07) is 8.48. The molecule has 0 saturated carbocycles. The molecule has 0 spiro atoms. The first-order chi connectivity index (χ1) is 10.9. The van der Waals surface area contributed by atoms with Gasteiger partial charge in [-0.15, -0.1) is 11.3 Å². The monoisotopic (exact) mass is 330 g/mol. The van der Waals surface area contributed by atoms with Gasteiger partial charge in [-0.3, -0.25) is 4.79 Å². The number of nitrogen functional groups attached to an aromatic ring is 1. The molecule has 124 valence electrons. The minimum atomic E-state index is 0.0276. The first-order valence-corrected chi connectivity index (χ1v) is 9.00. The molecule has 0 aliphatic rings. The maximum Gasteiger partial charge on any atom is 0.257 e. The maximum absolute atomic E-state index is 12.9. The van der Waals surface area contributed by atoms with E-state index < -0.39 is 0 Å². The quantitative estimate of drug-likeness (QED) is 0.846. The molecule has 0 fully saturated rings. The highest BCUT2D eigenvalue weighted by Crippen LogP contribution is 2.39. The summed E-state index contributed by atoms with van der Waals surface area (Å²) in [5.74, 6) is 0.522. The largest absolute Gasteiger partial charge is 0.390 e. The Kier molecular flexibility index (Phi) is 5.47. The third-order valence-electron chi connectivity index (χ3n) is 4.24. The van der Waals surface area contributed by atoms with Crippen LogP contribution >= 0.6 is 11.3 Å². The number of nitrogens with two attached hydrogens (primary N) is 1. The van der Waals surface area contributed by atoms with Crippen molar-refractivity contribution in [3.63, 3.8) is 0 Å². The minimum Gasteiger partial charge on any atom is -0.390 e. The highest BCUT2D eigenvalue weighted by Gasteiger charge is 2.24. The Morgan fingerprint density at radius 2 is 1.74 bits per heavy atom. The second kappa shape index (κ2) is 7.18. The highest BCUT2D eigenvalue weighted by atomic mass is 32.1. The molecule has 0 aliphatic heterocycles. The van der Waals surface area contributed by atoms with Crippen LogP contribution in [0.15, 0.2) is 24.3 Å². The molecule has 0 aliphatic carbocycles. The van der Waals surface area contributed by atoms with Gasteiger partial charge < -0.3 is 10.6 Å². The average molecular weight is 330 g/mol. The van der Waals surface area contributed by atoms with Crippen molar-refractivity contribution >= 4 is 22.2 Å². The molecule has 0 radical (unpaired) electrons. The molecule has 2 aromatic rings. The summed E-state index contributed by atoms with van der Waals surface area (Å²) in [6.07, 6.45) is 0. The van der Waals surface area contributed by atoms with Crippen LogP contribution in [0.3, 0.4) is 0 Å². The van der Waals surface area contributed by atoms with Crippen molar-refractivity contribution in [2.75, 3.05) is 18.8 Å². The summed E-state index contributed by atoms with van der Waals surface area (Å²) in [4.78, 5) is 15.8. The summed E-state index contributed by atoms with van der Waals surface area (Å²) in [6.45, 7) is 11.8. The predicted molar refractivity (Wildman–Crippen MR) is 100 cm³/mol. The third-order valence-corrected chi connectivity index (χ3v) is 5.18. The predicted octanol–water partition coefficient (Wildman–Crippen LogP) is 4.91. The maximum atomic E-state index is 12.9. The number of carbonyl (C=O) groups excluding carboxylic acids is 1. The summed E-state index contributed by atoms with van der Waals surface area (Å²) in [5, 5.41) is 0.613. The molecule has 23 heavy (non-hydrogen) atoms. The van der Waals surface area contributed by atoms with E-state index in [9.17, 15) is 4.79 Å². The molecule has 2 rings (SSSR count). The lowest BCUT2D eigenvalue weighted by molar-refractivity contribution is 0.0775. The first-order valence-electron chi connectivity index (χ1n) is 8.19. The molecule has 3 nitrogen and oxygen atoms in total. The molecule has 4 heteroatoms. The molecule has 1 amide bonds. The van der Waals surface area contributed by atoms with Gasteiger partial charge in [0.2, 0.25) is 0 Å². The van der Waals surface area contributed by atoms with Crippen molar-refractivity contribution in [1.29, 1.82) is 0 Å². The smallest absolute Gasteiger partial charge is 0.257 e. The van der Waals surface area contributed by atoms with E-state index in [-0.39, 0.29) is 5.91 Å². The normalized spacial score (nSPS) is 11.0. The van der Waals surface area contributed by atoms with Gasteiger partial charge in [-0.05, 0) is 37.8 Å². The molecule has 0 unspecified atom stereocenters. The van der Waals surface area contributed by atoms with E-state index in [4.69, 9.17) is 5.73 Å². The van der Waals surface area contributed by atoms with E-state index in [2.05, 4.69) is 38.1 Å². The zero-order valence-corrected chi connectivity index (χ0v) is 15.5. The zero-order valence-electron chi connectivity index (χ0n) is 14.6. The summed E-state index contributed by atoms with van der Waals surface area (Å²) in [5.41, 5.74) is 10.2. The Labute approximate surface area is 143 Å². The van der Waals surface area contributed by atoms with Crippen LogP contribution in [-0.2, 0) is 0 Å². The molecular weight excluding hydrogens is 304 g/mol. The van der Waals surface area contributed by atoms with Crippen LogP contribution in [0.2, 0.25) is 0 Å². The van der Waals surface area contributed by atoms with Gasteiger partial charge in [0, 0.05) is 23.5 Å². The van der Waals surface area contributed by atoms with Gasteiger partial charge in [-0.1, -0.05) is 38.1 Å². The van der Waals surface area contributed by atoms with Crippen LogP contribution < -0.4 is 5.73 Å². The van der Waals surface area contributed by atoms with Crippen LogP contribution in [0.25, 0.3) is 11.1 Å². The van der Waals surface area contributed by atoms with Crippen LogP contribution in [-0.4, -0.2) is 23.9 Å². The van der Waals surface area contributed by atoms with Crippen LogP contribution in [0, 0.1) is 6.92 Å². The van der Waals surface area contributed by atoms with Crippen LogP contribution in [0.5, 0.6) is 0 Å². The van der Waals surface area contributed by atoms with Crippen molar-refractivity contribution in [3.8, 4) is 11.1 Å². The number of aryl methyl sites for hydroxylation is 1. The van der Waals surface area contributed by atoms with E-state index in [0.29, 0.717) is 29.6 Å². The molecule has 0 saturated heterocycles. The van der Waals surface area contributed by atoms with Gasteiger partial charge in [-0.2, -0.15) is 0 Å². The van der Waals surface area contributed by atoms with Gasteiger partial charge in [0.05, 0.1) is 10.6 Å². The van der Waals surface area contributed by atoms with E-state index in [0.717, 1.165) is 16.0 Å². The van der Waals surface area contributed by atoms with Crippen molar-refractivity contribution in [2.24, 2.45) is 0 Å². The summed E-state index contributed by atoms with van der Waals surface area (Å²) in [7, 11) is 0. The van der Waals surface area contributed by atoms with Gasteiger partial charge >= 0.3 is 0 Å². The minimum absolute atomic E-state index is 0.0276. The number of thiophene rings is 1. The number of carbonyl (C=O) groups is 1. The van der Waals surface area contributed by atoms with E-state index >= 15 is 0 Å². The number of rotatable bonds is 5. The number of nitrogens with zero attached hydrogens (tertiary/aromatic N) is 1. The zero-order chi connectivity index (χ0) is 17.1. The molecule has 1 aromatic carbocycles. The number of anilines is 1. The van der Waals surface area contributed by atoms with Gasteiger partial charge in [0.25, 0.3) is 5.91 Å². The lowest BCUT2D eigenvalue weighted by atomic mass is 9.96. The van der Waals surface area contributed by atoms with Gasteiger partial charge in [-0.25, -0.2) is 0 Å². The lowest BCUT2D eigenvalue weighted by Gasteiger charge is -2.19. The van der Waals surface area contributed by atoms with E-state index in [1.807, 2.05) is 25.7 Å². The molecule has 1 aromatic heterocycles. The molecule has 1 heterocycles. The second-order valence-electron chi connectivity index (χ2n) is 6.03. The van der Waals surface area contributed by atoms with Crippen LogP contribution in [0.1, 0.15) is 54.4 Å². The second-order valence-corrected chi connectivity index (χ2v) is 7.28. The van der Waals surface area contributed by atoms with Gasteiger partial charge in [0.15, 0.2) is 0 Å². The van der Waals surface area contributed by atoms with Gasteiger partial charge in [0.1, 0.15) is 0 Å². The fraction of sp³-hybridized carbons (Fsp3) is 0.421. The Hall–Kier alpha value is -1.81. The lowest BCUT2D eigenvalue weighted by Crippen LogP contribution is -2.31. The fourth-order valence-corrected chi connectivity index (χ4v) is 3.77. The molecule has 0 bridgehead atoms. The molecule has 0 atom stereocenters. The molecule has 2 N–H and O–H groups in total. The van der Waals surface area contributed by atoms with Crippen LogP contribution in [0.4, 0.5) is 5.00 Å². The average Bonchev–Trinajstić information content (AvgIpc) is 2.82. The van der Waals surface area contributed by atoms with E-state index in [1.165, 1.54) is 16.9 Å². The Bertz CT molecular complexity index is 682. The Balaban J connectivity index is 2.52. The standard InChI is InChI=1S/C19H26N2OS/c1-6-21(7-2)19(22)17-16(13(5)23-18(17)20)15-10-8-14(9-11-15)12(3)4/h8-12H,6-7,20H2,1-5H3. The van der Waals surface area contributed by atoms with E-state index in [1.54, 1.807) is 0 Å². The fourth-order valence-electron chi connectivity index (χ4n) is 2.83. The third kappa shape index (κ3) is 3.42. The Morgan fingerprint density at radius 1 is 1.17 bits per heavy atom. The van der Waals surface area contributed by atoms with Crippen molar-refractivity contribution in [1.82, 2.24) is 4.90 Å². The number of benzene rings is 1. The van der Waals surface area contributed by atoms with Crippen molar-refractivity contribution in [3.05, 3.63) is 40.3 Å². The topological polar surface area (TPSA) is 46.3 Å². The SMILES string of the molecule is CCN(CC)C(=O)c1c(N)sc(C)c1-c1ccc(C(C)C)cc1. The van der Waals surface area contributed by atoms with Crippen molar-refractivity contribution in [2.45, 2.75) is 40.5 Å². The highest BCUT2D eigenvalue weighted by molar-refractivity contribution is 7.16. The number of amides is 1. The summed E-state index contributed by atoms with van der Waals surface area (Å²) < 4.78 is 0. The number of hydrogen-bond donors (Lipinski definition) is 1. The first kappa shape index (κ1) is 17.5. The van der Waals surface area contributed by atoms with Crippen molar-refractivity contribution < 1.29 is 4.79 Å². The number of hydrogen-bond acceptors (Lipinski definition) is 3. The summed E-state index contributed by atoms with van der Waals surface area (Å²) >= 11 is 1.50.